The first-order valence-corrected chi connectivity index (χ1v) is 8.86. The van der Waals surface area contributed by atoms with Crippen LogP contribution in [0.25, 0.3) is 10.9 Å². The third-order valence-electron chi connectivity index (χ3n) is 4.58. The fraction of sp³-hybridized carbons (Fsp3) is 0.333. The second-order valence-corrected chi connectivity index (χ2v) is 7.11. The summed E-state index contributed by atoms with van der Waals surface area (Å²) in [6.07, 6.45) is 2.37. The van der Waals surface area contributed by atoms with Crippen LogP contribution in [-0.4, -0.2) is 21.4 Å². The van der Waals surface area contributed by atoms with Gasteiger partial charge in [-0.1, -0.05) is 18.2 Å². The van der Waals surface area contributed by atoms with Crippen LogP contribution in [0.15, 0.2) is 40.5 Å². The van der Waals surface area contributed by atoms with Crippen LogP contribution in [0.4, 0.5) is 0 Å². The molecule has 1 aromatic carbocycles. The number of H-pyrrole nitrogens is 1. The maximum absolute atomic E-state index is 12.3. The summed E-state index contributed by atoms with van der Waals surface area (Å²) < 4.78 is 0. The van der Waals surface area contributed by atoms with Crippen molar-refractivity contribution < 1.29 is 0 Å². The number of rotatable bonds is 3. The molecule has 118 valence electrons. The highest BCUT2D eigenvalue weighted by molar-refractivity contribution is 7.10. The van der Waals surface area contributed by atoms with E-state index < -0.39 is 0 Å². The topological polar surface area (TPSA) is 49.0 Å². The highest BCUT2D eigenvalue weighted by Gasteiger charge is 2.27. The van der Waals surface area contributed by atoms with Gasteiger partial charge in [-0.15, -0.1) is 11.3 Å². The molecular weight excluding hydrogens is 306 g/mol. The number of likely N-dealkylation sites (tertiary alicyclic amines) is 1. The van der Waals surface area contributed by atoms with Gasteiger partial charge in [-0.3, -0.25) is 9.69 Å². The Kier molecular flexibility index (Phi) is 3.75. The number of benzene rings is 1. The molecule has 1 unspecified atom stereocenters. The van der Waals surface area contributed by atoms with Gasteiger partial charge in [0.1, 0.15) is 5.82 Å². The molecule has 1 N–H and O–H groups in total. The molecule has 1 aliphatic heterocycles. The SMILES string of the molecule is Cc1cccc2c(=O)[nH]c(CN3CCCC3c3cccs3)nc12. The number of fused-ring (bicyclic) bond motifs is 1. The average Bonchev–Trinajstić information content (AvgIpc) is 3.19. The molecule has 3 heterocycles. The van der Waals surface area contributed by atoms with Crippen molar-refractivity contribution in [3.05, 3.63) is 62.3 Å². The predicted octanol–water partition coefficient (Wildman–Crippen LogP) is 3.63. The number of para-hydroxylation sites is 1. The summed E-state index contributed by atoms with van der Waals surface area (Å²) in [5, 5.41) is 2.80. The standard InChI is InChI=1S/C18H19N3OS/c1-12-5-2-6-13-17(12)19-16(20-18(13)22)11-21-9-3-7-14(21)15-8-4-10-23-15/h2,4-6,8,10,14H,3,7,9,11H2,1H3,(H,19,20,22). The third kappa shape index (κ3) is 2.71. The molecule has 0 bridgehead atoms. The van der Waals surface area contributed by atoms with Crippen LogP contribution < -0.4 is 5.56 Å². The molecule has 0 radical (unpaired) electrons. The van der Waals surface area contributed by atoms with Gasteiger partial charge >= 0.3 is 0 Å². The van der Waals surface area contributed by atoms with Crippen molar-refractivity contribution in [2.75, 3.05) is 6.54 Å². The number of aromatic nitrogens is 2. The van der Waals surface area contributed by atoms with Crippen LogP contribution in [0.3, 0.4) is 0 Å². The van der Waals surface area contributed by atoms with E-state index in [0.717, 1.165) is 23.4 Å². The Morgan fingerprint density at radius 1 is 1.35 bits per heavy atom. The molecule has 1 aliphatic rings. The van der Waals surface area contributed by atoms with Crippen LogP contribution in [-0.2, 0) is 6.54 Å². The first-order valence-electron chi connectivity index (χ1n) is 7.98. The quantitative estimate of drug-likeness (QED) is 0.800. The van der Waals surface area contributed by atoms with Gasteiger partial charge in [0.15, 0.2) is 0 Å². The number of thiophene rings is 1. The zero-order chi connectivity index (χ0) is 15.8. The lowest BCUT2D eigenvalue weighted by Crippen LogP contribution is -2.25. The Balaban J connectivity index is 1.67. The molecule has 4 rings (SSSR count). The van der Waals surface area contributed by atoms with Crippen LogP contribution in [0.2, 0.25) is 0 Å². The van der Waals surface area contributed by atoms with Crippen molar-refractivity contribution >= 4 is 22.2 Å². The van der Waals surface area contributed by atoms with E-state index in [9.17, 15) is 4.79 Å². The van der Waals surface area contributed by atoms with Crippen LogP contribution >= 0.6 is 11.3 Å². The molecule has 0 spiro atoms. The summed E-state index contributed by atoms with van der Waals surface area (Å²) in [7, 11) is 0. The fourth-order valence-corrected chi connectivity index (χ4v) is 4.33. The smallest absolute Gasteiger partial charge is 0.258 e. The van der Waals surface area contributed by atoms with E-state index in [1.165, 1.54) is 17.7 Å². The van der Waals surface area contributed by atoms with E-state index >= 15 is 0 Å². The lowest BCUT2D eigenvalue weighted by molar-refractivity contribution is 0.245. The minimum Gasteiger partial charge on any atom is -0.309 e. The van der Waals surface area contributed by atoms with Crippen molar-refractivity contribution in [3.8, 4) is 0 Å². The van der Waals surface area contributed by atoms with E-state index in [-0.39, 0.29) is 5.56 Å². The summed E-state index contributed by atoms with van der Waals surface area (Å²) in [6, 6.07) is 10.5. The maximum atomic E-state index is 12.3. The van der Waals surface area contributed by atoms with Crippen molar-refractivity contribution in [2.45, 2.75) is 32.4 Å². The first kappa shape index (κ1) is 14.6. The molecule has 1 atom stereocenters. The minimum atomic E-state index is -0.0411. The van der Waals surface area contributed by atoms with Crippen molar-refractivity contribution in [2.24, 2.45) is 0 Å². The van der Waals surface area contributed by atoms with E-state index in [0.29, 0.717) is 18.0 Å². The number of hydrogen-bond acceptors (Lipinski definition) is 4. The Labute approximate surface area is 138 Å². The van der Waals surface area contributed by atoms with Gasteiger partial charge in [0.05, 0.1) is 17.4 Å². The molecule has 3 aromatic rings. The Morgan fingerprint density at radius 2 is 2.26 bits per heavy atom. The van der Waals surface area contributed by atoms with Gasteiger partial charge in [0.25, 0.3) is 5.56 Å². The summed E-state index contributed by atoms with van der Waals surface area (Å²) in [5.41, 5.74) is 1.82. The number of nitrogens with zero attached hydrogens (tertiary/aromatic N) is 2. The molecule has 4 nitrogen and oxygen atoms in total. The van der Waals surface area contributed by atoms with Crippen LogP contribution in [0, 0.1) is 6.92 Å². The molecule has 5 heteroatoms. The van der Waals surface area contributed by atoms with E-state index in [1.807, 2.05) is 36.5 Å². The van der Waals surface area contributed by atoms with E-state index in [1.54, 1.807) is 0 Å². The minimum absolute atomic E-state index is 0.0411. The van der Waals surface area contributed by atoms with Crippen LogP contribution in [0.5, 0.6) is 0 Å². The lowest BCUT2D eigenvalue weighted by atomic mass is 10.1. The normalized spacial score (nSPS) is 18.7. The summed E-state index contributed by atoms with van der Waals surface area (Å²) in [6.45, 7) is 3.75. The van der Waals surface area contributed by atoms with Gasteiger partial charge in [-0.05, 0) is 49.4 Å². The molecule has 1 saturated heterocycles. The molecular formula is C18H19N3OS. The van der Waals surface area contributed by atoms with Gasteiger partial charge < -0.3 is 4.98 Å². The predicted molar refractivity (Wildman–Crippen MR) is 93.8 cm³/mol. The number of nitrogens with one attached hydrogen (secondary N) is 1. The summed E-state index contributed by atoms with van der Waals surface area (Å²) >= 11 is 1.81. The monoisotopic (exact) mass is 325 g/mol. The first-order chi connectivity index (χ1) is 11.2. The van der Waals surface area contributed by atoms with Crippen molar-refractivity contribution in [1.82, 2.24) is 14.9 Å². The summed E-state index contributed by atoms with van der Waals surface area (Å²) in [5.74, 6) is 0.764. The molecule has 0 aliphatic carbocycles. The van der Waals surface area contributed by atoms with Gasteiger partial charge in [0.2, 0.25) is 0 Å². The Bertz CT molecular complexity index is 885. The molecule has 0 saturated carbocycles. The Hall–Kier alpha value is -1.98. The van der Waals surface area contributed by atoms with Crippen LogP contribution in [0.1, 0.15) is 35.1 Å². The van der Waals surface area contributed by atoms with Crippen molar-refractivity contribution in [3.63, 3.8) is 0 Å². The fourth-order valence-electron chi connectivity index (χ4n) is 3.44. The largest absolute Gasteiger partial charge is 0.309 e. The third-order valence-corrected chi connectivity index (χ3v) is 5.55. The maximum Gasteiger partial charge on any atom is 0.258 e. The highest BCUT2D eigenvalue weighted by atomic mass is 32.1. The zero-order valence-corrected chi connectivity index (χ0v) is 13.9. The molecule has 0 amide bonds. The van der Waals surface area contributed by atoms with Gasteiger partial charge in [-0.25, -0.2) is 4.98 Å². The average molecular weight is 325 g/mol. The van der Waals surface area contributed by atoms with Gasteiger partial charge in [-0.2, -0.15) is 0 Å². The lowest BCUT2D eigenvalue weighted by Gasteiger charge is -2.23. The second kappa shape index (κ2) is 5.91. The van der Waals surface area contributed by atoms with E-state index in [2.05, 4.69) is 27.4 Å². The van der Waals surface area contributed by atoms with Crippen molar-refractivity contribution in [1.29, 1.82) is 0 Å². The van der Waals surface area contributed by atoms with E-state index in [4.69, 9.17) is 4.98 Å². The molecule has 2 aromatic heterocycles. The molecule has 23 heavy (non-hydrogen) atoms. The Morgan fingerprint density at radius 3 is 3.09 bits per heavy atom. The number of aromatic amines is 1. The van der Waals surface area contributed by atoms with Gasteiger partial charge in [0, 0.05) is 10.9 Å². The second-order valence-electron chi connectivity index (χ2n) is 6.13. The number of aryl methyl sites for hydroxylation is 1. The summed E-state index contributed by atoms with van der Waals surface area (Å²) in [4.78, 5) is 23.8. The molecule has 1 fully saturated rings. The number of hydrogen-bond donors (Lipinski definition) is 1. The zero-order valence-electron chi connectivity index (χ0n) is 13.1. The highest BCUT2D eigenvalue weighted by Crippen LogP contribution is 2.35.